The molecule has 0 saturated carbocycles. The molecule has 3 aliphatic rings. The molecule has 26 heavy (non-hydrogen) atoms. The number of fused-ring (bicyclic) bond motifs is 1. The molecule has 1 N–H and O–H groups in total. The lowest BCUT2D eigenvalue weighted by Gasteiger charge is -2.38. The van der Waals surface area contributed by atoms with Crippen LogP contribution in [0.25, 0.3) is 0 Å². The van der Waals surface area contributed by atoms with Crippen molar-refractivity contribution in [3.63, 3.8) is 0 Å². The molecule has 2 atom stereocenters. The Morgan fingerprint density at radius 3 is 2.65 bits per heavy atom. The predicted octanol–water partition coefficient (Wildman–Crippen LogP) is 0.109. The molecule has 2 unspecified atom stereocenters. The third kappa shape index (κ3) is 3.01. The molecule has 4 rings (SSSR count). The van der Waals surface area contributed by atoms with Gasteiger partial charge in [0, 0.05) is 26.7 Å². The van der Waals surface area contributed by atoms with Gasteiger partial charge in [-0.2, -0.15) is 0 Å². The van der Waals surface area contributed by atoms with Crippen LogP contribution in [0.15, 0.2) is 35.3 Å². The van der Waals surface area contributed by atoms with E-state index in [0.29, 0.717) is 19.8 Å². The van der Waals surface area contributed by atoms with Crippen molar-refractivity contribution in [1.29, 1.82) is 0 Å². The normalized spacial score (nSPS) is 25.9. The lowest BCUT2D eigenvalue weighted by molar-refractivity contribution is -0.127. The average molecular weight is 357 g/mol. The molecule has 0 spiro atoms. The van der Waals surface area contributed by atoms with Crippen molar-refractivity contribution >= 4 is 17.9 Å². The predicted molar refractivity (Wildman–Crippen MR) is 95.6 cm³/mol. The van der Waals surface area contributed by atoms with Gasteiger partial charge in [0.05, 0.1) is 13.2 Å². The van der Waals surface area contributed by atoms with Gasteiger partial charge < -0.3 is 19.4 Å². The molecule has 3 heterocycles. The van der Waals surface area contributed by atoms with Crippen LogP contribution in [0.1, 0.15) is 5.56 Å². The second-order valence-electron chi connectivity index (χ2n) is 6.72. The minimum Gasteiger partial charge on any atom is -0.378 e. The second kappa shape index (κ2) is 6.95. The maximum atomic E-state index is 12.6. The highest BCUT2D eigenvalue weighted by molar-refractivity contribution is 6.03. The largest absolute Gasteiger partial charge is 0.378 e. The zero-order valence-electron chi connectivity index (χ0n) is 14.8. The number of benzene rings is 1. The molecule has 3 amide bonds. The number of hydrogen-bond acceptors (Lipinski definition) is 6. The van der Waals surface area contributed by atoms with Crippen LogP contribution in [-0.4, -0.2) is 84.7 Å². The summed E-state index contributed by atoms with van der Waals surface area (Å²) in [5.41, 5.74) is 1.21. The van der Waals surface area contributed by atoms with Gasteiger partial charge >= 0.3 is 6.03 Å². The molecule has 0 aliphatic carbocycles. The molecule has 8 nitrogen and oxygen atoms in total. The first kappa shape index (κ1) is 16.8. The fraction of sp³-hybridized carbons (Fsp3) is 0.500. The van der Waals surface area contributed by atoms with Crippen molar-refractivity contribution in [3.05, 3.63) is 35.9 Å². The highest BCUT2D eigenvalue weighted by Gasteiger charge is 2.49. The van der Waals surface area contributed by atoms with E-state index in [0.717, 1.165) is 25.5 Å². The minimum atomic E-state index is -0.487. The summed E-state index contributed by atoms with van der Waals surface area (Å²) >= 11 is 0. The first-order chi connectivity index (χ1) is 12.6. The molecule has 1 aromatic rings. The van der Waals surface area contributed by atoms with Crippen LogP contribution in [0.2, 0.25) is 0 Å². The zero-order valence-corrected chi connectivity index (χ0v) is 14.8. The van der Waals surface area contributed by atoms with Crippen molar-refractivity contribution in [2.75, 3.05) is 39.9 Å². The van der Waals surface area contributed by atoms with Gasteiger partial charge in [-0.3, -0.25) is 10.1 Å². The summed E-state index contributed by atoms with van der Waals surface area (Å²) < 4.78 is 5.44. The number of imide groups is 1. The van der Waals surface area contributed by atoms with Crippen LogP contribution in [0.5, 0.6) is 0 Å². The molecule has 0 aromatic heterocycles. The lowest BCUT2D eigenvalue weighted by Crippen LogP contribution is -2.64. The number of aliphatic imine (C=N–C) groups is 1. The number of urea groups is 1. The number of nitrogens with one attached hydrogen (secondary N) is 1. The number of hydrogen-bond donors (Lipinski definition) is 1. The van der Waals surface area contributed by atoms with Crippen molar-refractivity contribution in [2.45, 2.75) is 18.6 Å². The highest BCUT2D eigenvalue weighted by Crippen LogP contribution is 2.26. The Morgan fingerprint density at radius 2 is 1.92 bits per heavy atom. The van der Waals surface area contributed by atoms with Crippen molar-refractivity contribution in [2.24, 2.45) is 4.99 Å². The van der Waals surface area contributed by atoms with E-state index in [1.165, 1.54) is 10.5 Å². The third-order valence-electron chi connectivity index (χ3n) is 5.12. The first-order valence-corrected chi connectivity index (χ1v) is 8.94. The molecule has 2 fully saturated rings. The number of morpholine rings is 1. The number of carbonyl (C=O) groups is 2. The van der Waals surface area contributed by atoms with Gasteiger partial charge in [-0.25, -0.2) is 9.79 Å². The van der Waals surface area contributed by atoms with Gasteiger partial charge in [0.25, 0.3) is 5.91 Å². The standard InChI is InChI=1S/C18H23N5O3/c1-21-15-14(16(24)20-18(21)25)23(8-7-13-5-3-2-4-6-13)17(19-15)22-9-11-26-12-10-22/h2-6,14-15H,7-12H2,1H3,(H,20,24,25). The summed E-state index contributed by atoms with van der Waals surface area (Å²) in [5.74, 6) is 0.508. The van der Waals surface area contributed by atoms with Crippen molar-refractivity contribution in [3.8, 4) is 0 Å². The summed E-state index contributed by atoms with van der Waals surface area (Å²) in [6.45, 7) is 3.42. The van der Waals surface area contributed by atoms with Crippen molar-refractivity contribution in [1.82, 2.24) is 20.0 Å². The summed E-state index contributed by atoms with van der Waals surface area (Å²) in [6.07, 6.45) is 0.322. The zero-order chi connectivity index (χ0) is 18.1. The van der Waals surface area contributed by atoms with E-state index in [1.54, 1.807) is 7.05 Å². The summed E-state index contributed by atoms with van der Waals surface area (Å²) in [6, 6.07) is 9.29. The van der Waals surface area contributed by atoms with Gasteiger partial charge in [-0.1, -0.05) is 30.3 Å². The number of guanidine groups is 1. The highest BCUT2D eigenvalue weighted by atomic mass is 16.5. The lowest BCUT2D eigenvalue weighted by atomic mass is 10.1. The molecule has 138 valence electrons. The Bertz CT molecular complexity index is 717. The first-order valence-electron chi connectivity index (χ1n) is 8.94. The molecule has 3 aliphatic heterocycles. The van der Waals surface area contributed by atoms with Crippen molar-refractivity contribution < 1.29 is 14.3 Å². The van der Waals surface area contributed by atoms with Crippen LogP contribution in [0.3, 0.4) is 0 Å². The number of carbonyl (C=O) groups excluding carboxylic acids is 2. The Hall–Kier alpha value is -2.61. The van der Waals surface area contributed by atoms with E-state index in [2.05, 4.69) is 22.3 Å². The van der Waals surface area contributed by atoms with E-state index >= 15 is 0 Å². The SMILES string of the molecule is CN1C(=O)NC(=O)C2C1N=C(N1CCOCC1)N2CCc1ccccc1. The van der Waals surface area contributed by atoms with E-state index in [4.69, 9.17) is 9.73 Å². The van der Waals surface area contributed by atoms with Gasteiger partial charge in [0.2, 0.25) is 0 Å². The van der Waals surface area contributed by atoms with E-state index in [-0.39, 0.29) is 5.91 Å². The third-order valence-corrected chi connectivity index (χ3v) is 5.12. The van der Waals surface area contributed by atoms with Gasteiger partial charge in [-0.15, -0.1) is 0 Å². The quantitative estimate of drug-likeness (QED) is 0.831. The van der Waals surface area contributed by atoms with E-state index in [1.807, 2.05) is 23.1 Å². The van der Waals surface area contributed by atoms with Crippen LogP contribution < -0.4 is 5.32 Å². The molecular weight excluding hydrogens is 334 g/mol. The Labute approximate surface area is 152 Å². The second-order valence-corrected chi connectivity index (χ2v) is 6.72. The van der Waals surface area contributed by atoms with E-state index < -0.39 is 18.2 Å². The maximum absolute atomic E-state index is 12.6. The molecule has 0 radical (unpaired) electrons. The monoisotopic (exact) mass is 357 g/mol. The fourth-order valence-electron chi connectivity index (χ4n) is 3.67. The molecule has 8 heteroatoms. The topological polar surface area (TPSA) is 77.5 Å². The van der Waals surface area contributed by atoms with Crippen LogP contribution in [0, 0.1) is 0 Å². The van der Waals surface area contributed by atoms with Gasteiger partial charge in [0.15, 0.2) is 18.2 Å². The van der Waals surface area contributed by atoms with Crippen LogP contribution in [-0.2, 0) is 16.0 Å². The number of likely N-dealkylation sites (N-methyl/N-ethyl adjacent to an activating group) is 1. The molecule has 2 saturated heterocycles. The van der Waals surface area contributed by atoms with Crippen LogP contribution >= 0.6 is 0 Å². The Kier molecular flexibility index (Phi) is 4.50. The Morgan fingerprint density at radius 1 is 1.19 bits per heavy atom. The smallest absolute Gasteiger partial charge is 0.325 e. The molecule has 0 bridgehead atoms. The molecule has 1 aromatic carbocycles. The summed E-state index contributed by atoms with van der Waals surface area (Å²) in [4.78, 5) is 35.0. The summed E-state index contributed by atoms with van der Waals surface area (Å²) in [5, 5.41) is 2.44. The number of ether oxygens (including phenoxy) is 1. The van der Waals surface area contributed by atoms with Crippen LogP contribution in [0.4, 0.5) is 4.79 Å². The number of nitrogens with zero attached hydrogens (tertiary/aromatic N) is 4. The minimum absolute atomic E-state index is 0.279. The number of rotatable bonds is 3. The fourth-order valence-corrected chi connectivity index (χ4v) is 3.67. The van der Waals surface area contributed by atoms with E-state index in [9.17, 15) is 9.59 Å². The Balaban J connectivity index is 1.60. The molecular formula is C18H23N5O3. The van der Waals surface area contributed by atoms with Gasteiger partial charge in [-0.05, 0) is 12.0 Å². The summed E-state index contributed by atoms with van der Waals surface area (Å²) in [7, 11) is 1.68. The number of amides is 3. The average Bonchev–Trinajstić information content (AvgIpc) is 3.06. The maximum Gasteiger partial charge on any atom is 0.325 e. The van der Waals surface area contributed by atoms with Gasteiger partial charge in [0.1, 0.15) is 0 Å².